The van der Waals surface area contributed by atoms with E-state index in [1.807, 2.05) is 0 Å². The van der Waals surface area contributed by atoms with E-state index in [-0.39, 0.29) is 36.7 Å². The first-order valence-corrected chi connectivity index (χ1v) is 9.29. The molecule has 146 valence electrons. The SMILES string of the molecule is O=C(CC1CC(F)(F)C1)N1CCc2[nH]cnc2[C@H]1c1cc2cccc(F)c2o1. The van der Waals surface area contributed by atoms with Gasteiger partial charge in [0.1, 0.15) is 11.8 Å². The van der Waals surface area contributed by atoms with Crippen molar-refractivity contribution < 1.29 is 22.4 Å². The Labute approximate surface area is 158 Å². The van der Waals surface area contributed by atoms with Gasteiger partial charge in [0, 0.05) is 43.3 Å². The van der Waals surface area contributed by atoms with Crippen LogP contribution in [0.2, 0.25) is 0 Å². The van der Waals surface area contributed by atoms with Gasteiger partial charge < -0.3 is 14.3 Å². The molecule has 1 fully saturated rings. The second-order valence-corrected chi connectivity index (χ2v) is 7.65. The van der Waals surface area contributed by atoms with Crippen molar-refractivity contribution in [1.29, 1.82) is 0 Å². The lowest BCUT2D eigenvalue weighted by Crippen LogP contribution is -2.44. The maximum Gasteiger partial charge on any atom is 0.248 e. The molecule has 5 rings (SSSR count). The van der Waals surface area contributed by atoms with Crippen molar-refractivity contribution in [2.45, 2.75) is 37.6 Å². The standard InChI is InChI=1S/C20H18F3N3O2/c21-13-3-1-2-12-7-15(28-19(12)13)18-17-14(24-10-25-17)4-5-26(18)16(27)6-11-8-20(22,23)9-11/h1-3,7,10-11,18H,4-6,8-9H2,(H,24,25)/t18-/m1/s1. The molecule has 0 radical (unpaired) electrons. The highest BCUT2D eigenvalue weighted by molar-refractivity contribution is 5.80. The van der Waals surface area contributed by atoms with Crippen LogP contribution < -0.4 is 0 Å². The number of amides is 1. The van der Waals surface area contributed by atoms with E-state index >= 15 is 0 Å². The number of hydrogen-bond acceptors (Lipinski definition) is 3. The molecule has 1 atom stereocenters. The molecule has 3 heterocycles. The van der Waals surface area contributed by atoms with Crippen LogP contribution in [-0.4, -0.2) is 33.2 Å². The maximum atomic E-state index is 14.1. The Bertz CT molecular complexity index is 1050. The highest BCUT2D eigenvalue weighted by Crippen LogP contribution is 2.45. The molecule has 0 saturated heterocycles. The van der Waals surface area contributed by atoms with Crippen molar-refractivity contribution in [3.05, 3.63) is 53.6 Å². The molecule has 1 aliphatic heterocycles. The van der Waals surface area contributed by atoms with Crippen LogP contribution in [0, 0.1) is 11.7 Å². The van der Waals surface area contributed by atoms with Gasteiger partial charge in [-0.15, -0.1) is 0 Å². The lowest BCUT2D eigenvalue weighted by Gasteiger charge is -2.38. The summed E-state index contributed by atoms with van der Waals surface area (Å²) in [7, 11) is 0. The van der Waals surface area contributed by atoms with Gasteiger partial charge in [-0.05, 0) is 18.1 Å². The van der Waals surface area contributed by atoms with E-state index in [2.05, 4.69) is 9.97 Å². The van der Waals surface area contributed by atoms with Gasteiger partial charge in [0.25, 0.3) is 0 Å². The van der Waals surface area contributed by atoms with Crippen molar-refractivity contribution in [1.82, 2.24) is 14.9 Å². The molecule has 1 saturated carbocycles. The molecule has 1 amide bonds. The minimum atomic E-state index is -2.65. The zero-order valence-corrected chi connectivity index (χ0v) is 14.9. The number of nitrogens with one attached hydrogen (secondary N) is 1. The summed E-state index contributed by atoms with van der Waals surface area (Å²) in [5.41, 5.74) is 1.68. The number of aromatic nitrogens is 2. The zero-order chi connectivity index (χ0) is 19.5. The van der Waals surface area contributed by atoms with Crippen LogP contribution in [0.1, 0.15) is 42.5 Å². The van der Waals surface area contributed by atoms with Crippen molar-refractivity contribution in [2.75, 3.05) is 6.54 Å². The van der Waals surface area contributed by atoms with E-state index in [4.69, 9.17) is 4.42 Å². The summed E-state index contributed by atoms with van der Waals surface area (Å²) < 4.78 is 46.2. The van der Waals surface area contributed by atoms with E-state index < -0.39 is 17.8 Å². The topological polar surface area (TPSA) is 62.1 Å². The molecule has 1 aromatic carbocycles. The quantitative estimate of drug-likeness (QED) is 0.730. The minimum Gasteiger partial charge on any atom is -0.455 e. The molecule has 0 unspecified atom stereocenters. The fraction of sp³-hybridized carbons (Fsp3) is 0.400. The predicted molar refractivity (Wildman–Crippen MR) is 94.3 cm³/mol. The van der Waals surface area contributed by atoms with Crippen LogP contribution in [0.3, 0.4) is 0 Å². The van der Waals surface area contributed by atoms with Crippen LogP contribution >= 0.6 is 0 Å². The van der Waals surface area contributed by atoms with E-state index in [0.29, 0.717) is 29.8 Å². The molecular formula is C20H18F3N3O2. The molecule has 0 spiro atoms. The summed E-state index contributed by atoms with van der Waals surface area (Å²) in [6.07, 6.45) is 1.72. The van der Waals surface area contributed by atoms with E-state index in [1.165, 1.54) is 6.07 Å². The van der Waals surface area contributed by atoms with Gasteiger partial charge in [-0.2, -0.15) is 0 Å². The van der Waals surface area contributed by atoms with Gasteiger partial charge in [0.05, 0.1) is 12.0 Å². The van der Waals surface area contributed by atoms with Gasteiger partial charge in [0.15, 0.2) is 11.4 Å². The Morgan fingerprint density at radius 2 is 2.18 bits per heavy atom. The number of rotatable bonds is 3. The lowest BCUT2D eigenvalue weighted by molar-refractivity contribution is -0.144. The number of benzene rings is 1. The monoisotopic (exact) mass is 389 g/mol. The number of alkyl halides is 2. The third-order valence-electron chi connectivity index (χ3n) is 5.67. The average molecular weight is 389 g/mol. The number of furan rings is 1. The number of imidazole rings is 1. The molecule has 2 aromatic heterocycles. The van der Waals surface area contributed by atoms with Crippen LogP contribution in [0.4, 0.5) is 13.2 Å². The van der Waals surface area contributed by atoms with Crippen LogP contribution in [0.25, 0.3) is 11.0 Å². The molecule has 1 N–H and O–H groups in total. The average Bonchev–Trinajstić information content (AvgIpc) is 3.26. The Morgan fingerprint density at radius 1 is 1.36 bits per heavy atom. The summed E-state index contributed by atoms with van der Waals surface area (Å²) in [5, 5.41) is 0.601. The molecular weight excluding hydrogens is 371 g/mol. The summed E-state index contributed by atoms with van der Waals surface area (Å²) in [6, 6.07) is 5.76. The van der Waals surface area contributed by atoms with Crippen molar-refractivity contribution in [3.63, 3.8) is 0 Å². The van der Waals surface area contributed by atoms with Crippen molar-refractivity contribution in [2.24, 2.45) is 5.92 Å². The largest absolute Gasteiger partial charge is 0.455 e. The van der Waals surface area contributed by atoms with Crippen LogP contribution in [-0.2, 0) is 11.2 Å². The lowest BCUT2D eigenvalue weighted by atomic mass is 9.78. The molecule has 0 bridgehead atoms. The molecule has 28 heavy (non-hydrogen) atoms. The second kappa shape index (κ2) is 6.12. The molecule has 5 nitrogen and oxygen atoms in total. The number of H-pyrrole nitrogens is 1. The molecule has 8 heteroatoms. The number of fused-ring (bicyclic) bond motifs is 2. The van der Waals surface area contributed by atoms with Gasteiger partial charge in [-0.3, -0.25) is 4.79 Å². The van der Waals surface area contributed by atoms with E-state index in [0.717, 1.165) is 5.69 Å². The second-order valence-electron chi connectivity index (χ2n) is 7.65. The highest BCUT2D eigenvalue weighted by atomic mass is 19.3. The number of carbonyl (C=O) groups is 1. The van der Waals surface area contributed by atoms with Gasteiger partial charge >= 0.3 is 0 Å². The highest BCUT2D eigenvalue weighted by Gasteiger charge is 2.47. The summed E-state index contributed by atoms with van der Waals surface area (Å²) >= 11 is 0. The first-order chi connectivity index (χ1) is 13.4. The Balaban J connectivity index is 1.49. The van der Waals surface area contributed by atoms with E-state index in [9.17, 15) is 18.0 Å². The maximum absolute atomic E-state index is 14.1. The van der Waals surface area contributed by atoms with Crippen molar-refractivity contribution in [3.8, 4) is 0 Å². The van der Waals surface area contributed by atoms with Gasteiger partial charge in [-0.25, -0.2) is 18.2 Å². The Hall–Kier alpha value is -2.77. The predicted octanol–water partition coefficient (Wildman–Crippen LogP) is 4.20. The molecule has 2 aliphatic rings. The number of carbonyl (C=O) groups excluding carboxylic acids is 1. The number of aromatic amines is 1. The van der Waals surface area contributed by atoms with Gasteiger partial charge in [0.2, 0.25) is 11.8 Å². The van der Waals surface area contributed by atoms with E-state index in [1.54, 1.807) is 29.4 Å². The Kier molecular flexibility index (Phi) is 3.79. The number of para-hydroxylation sites is 1. The van der Waals surface area contributed by atoms with Crippen LogP contribution in [0.5, 0.6) is 0 Å². The fourth-order valence-electron chi connectivity index (χ4n) is 4.31. The third-order valence-corrected chi connectivity index (χ3v) is 5.67. The molecule has 3 aromatic rings. The Morgan fingerprint density at radius 3 is 2.93 bits per heavy atom. The molecule has 1 aliphatic carbocycles. The summed E-state index contributed by atoms with van der Waals surface area (Å²) in [6.45, 7) is 0.418. The number of nitrogens with zero attached hydrogens (tertiary/aromatic N) is 2. The van der Waals surface area contributed by atoms with Crippen molar-refractivity contribution >= 4 is 16.9 Å². The summed E-state index contributed by atoms with van der Waals surface area (Å²) in [5.74, 6) is -3.23. The first-order valence-electron chi connectivity index (χ1n) is 9.29. The fourth-order valence-corrected chi connectivity index (χ4v) is 4.31. The smallest absolute Gasteiger partial charge is 0.248 e. The van der Waals surface area contributed by atoms with Crippen LogP contribution in [0.15, 0.2) is 35.0 Å². The number of hydrogen-bond donors (Lipinski definition) is 1. The van der Waals surface area contributed by atoms with Gasteiger partial charge in [-0.1, -0.05) is 12.1 Å². The summed E-state index contributed by atoms with van der Waals surface area (Å²) in [4.78, 5) is 22.0. The third kappa shape index (κ3) is 2.78. The number of halogens is 3. The normalized spacial score (nSPS) is 21.5. The zero-order valence-electron chi connectivity index (χ0n) is 14.9. The first kappa shape index (κ1) is 17.3. The minimum absolute atomic E-state index is 0.0699.